The van der Waals surface area contributed by atoms with E-state index >= 15 is 0 Å². The molecule has 18 heavy (non-hydrogen) atoms. The van der Waals surface area contributed by atoms with Crippen molar-refractivity contribution in [2.24, 2.45) is 0 Å². The van der Waals surface area contributed by atoms with Crippen molar-refractivity contribution in [3.05, 3.63) is 22.8 Å². The van der Waals surface area contributed by atoms with Crippen molar-refractivity contribution < 1.29 is 9.53 Å². The molecule has 0 aliphatic carbocycles. The van der Waals surface area contributed by atoms with Gasteiger partial charge in [-0.3, -0.25) is 0 Å². The number of aryl methyl sites for hydroxylation is 1. The van der Waals surface area contributed by atoms with Crippen molar-refractivity contribution >= 4 is 11.5 Å². The molecular formula is C15H21NO2. The zero-order chi connectivity index (χ0) is 13.4. The molecule has 0 bridgehead atoms. The Labute approximate surface area is 108 Å². The Morgan fingerprint density at radius 1 is 1.44 bits per heavy atom. The maximum atomic E-state index is 11.2. The minimum Gasteiger partial charge on any atom is -0.489 e. The van der Waals surface area contributed by atoms with Gasteiger partial charge < -0.3 is 15.3 Å². The number of anilines is 1. The maximum absolute atomic E-state index is 11.2. The van der Waals surface area contributed by atoms with Gasteiger partial charge in [-0.05, 0) is 38.8 Å². The predicted octanol–water partition coefficient (Wildman–Crippen LogP) is 2.98. The number of Topliss-reactive ketones (excluding diaryl/α,β-unsaturated/α-hetero) is 1. The van der Waals surface area contributed by atoms with E-state index in [1.54, 1.807) is 6.92 Å². The second kappa shape index (κ2) is 4.63. The van der Waals surface area contributed by atoms with Crippen LogP contribution in [-0.2, 0) is 11.2 Å². The summed E-state index contributed by atoms with van der Waals surface area (Å²) < 4.78 is 5.93. The number of carbonyl (C=O) groups is 1. The first-order valence-corrected chi connectivity index (χ1v) is 6.49. The summed E-state index contributed by atoms with van der Waals surface area (Å²) in [4.78, 5) is 11.2. The summed E-state index contributed by atoms with van der Waals surface area (Å²) in [6, 6.07) is 2.12. The van der Waals surface area contributed by atoms with E-state index in [0.717, 1.165) is 22.6 Å². The molecule has 3 heteroatoms. The average molecular weight is 247 g/mol. The molecule has 0 aromatic heterocycles. The Bertz CT molecular complexity index is 494. The number of fused-ring (bicyclic) bond motifs is 1. The van der Waals surface area contributed by atoms with Gasteiger partial charge in [-0.25, -0.2) is 0 Å². The fraction of sp³-hybridized carbons (Fsp3) is 0.533. The molecule has 2 unspecified atom stereocenters. The second-order valence-electron chi connectivity index (χ2n) is 5.32. The summed E-state index contributed by atoms with van der Waals surface area (Å²) in [5.74, 6) is 1.48. The maximum Gasteiger partial charge on any atom is 0.130 e. The summed E-state index contributed by atoms with van der Waals surface area (Å²) in [6.07, 6.45) is 1.37. The lowest BCUT2D eigenvalue weighted by atomic mass is 9.92. The third-order valence-electron chi connectivity index (χ3n) is 3.88. The number of nitrogen functional groups attached to an aromatic ring is 1. The van der Waals surface area contributed by atoms with Crippen LogP contribution in [0.2, 0.25) is 0 Å². The highest BCUT2D eigenvalue weighted by atomic mass is 16.5. The number of benzene rings is 1. The van der Waals surface area contributed by atoms with Crippen molar-refractivity contribution in [2.75, 3.05) is 5.73 Å². The lowest BCUT2D eigenvalue weighted by molar-refractivity contribution is -0.116. The largest absolute Gasteiger partial charge is 0.489 e. The number of hydrogen-bond donors (Lipinski definition) is 1. The molecule has 98 valence electrons. The minimum atomic E-state index is 0.178. The van der Waals surface area contributed by atoms with Gasteiger partial charge in [0.2, 0.25) is 0 Å². The van der Waals surface area contributed by atoms with Crippen LogP contribution in [0.1, 0.15) is 49.8 Å². The van der Waals surface area contributed by atoms with Crippen molar-refractivity contribution in [3.8, 4) is 5.75 Å². The first kappa shape index (κ1) is 12.9. The molecule has 2 atom stereocenters. The van der Waals surface area contributed by atoms with E-state index in [4.69, 9.17) is 10.5 Å². The summed E-state index contributed by atoms with van der Waals surface area (Å²) in [7, 11) is 0. The monoisotopic (exact) mass is 247 g/mol. The highest BCUT2D eigenvalue weighted by molar-refractivity contribution is 5.76. The summed E-state index contributed by atoms with van der Waals surface area (Å²) in [5, 5.41) is 0. The van der Waals surface area contributed by atoms with Crippen LogP contribution in [0.25, 0.3) is 0 Å². The molecule has 1 heterocycles. The van der Waals surface area contributed by atoms with E-state index < -0.39 is 0 Å². The second-order valence-corrected chi connectivity index (χ2v) is 5.32. The number of carbonyl (C=O) groups excluding carboxylic acids is 1. The molecule has 1 aromatic rings. The van der Waals surface area contributed by atoms with Crippen LogP contribution in [0.5, 0.6) is 5.75 Å². The predicted molar refractivity (Wildman–Crippen MR) is 73.1 cm³/mol. The van der Waals surface area contributed by atoms with Crippen molar-refractivity contribution in [1.82, 2.24) is 0 Å². The van der Waals surface area contributed by atoms with Gasteiger partial charge in [0.15, 0.2) is 0 Å². The van der Waals surface area contributed by atoms with Gasteiger partial charge in [-0.2, -0.15) is 0 Å². The molecule has 0 saturated carbocycles. The summed E-state index contributed by atoms with van der Waals surface area (Å²) in [5.41, 5.74) is 10.2. The van der Waals surface area contributed by atoms with E-state index in [0.29, 0.717) is 18.8 Å². The van der Waals surface area contributed by atoms with Crippen LogP contribution < -0.4 is 10.5 Å². The van der Waals surface area contributed by atoms with Crippen molar-refractivity contribution in [2.45, 2.75) is 52.6 Å². The molecule has 0 fully saturated rings. The number of rotatable bonds is 3. The zero-order valence-electron chi connectivity index (χ0n) is 11.5. The van der Waals surface area contributed by atoms with Gasteiger partial charge in [-0.15, -0.1) is 0 Å². The molecule has 2 N–H and O–H groups in total. The Kier molecular flexibility index (Phi) is 3.33. The molecule has 3 nitrogen and oxygen atoms in total. The van der Waals surface area contributed by atoms with E-state index in [1.165, 1.54) is 5.56 Å². The van der Waals surface area contributed by atoms with Gasteiger partial charge in [0.05, 0.1) is 0 Å². The highest BCUT2D eigenvalue weighted by Gasteiger charge is 2.31. The van der Waals surface area contributed by atoms with Crippen LogP contribution in [0.3, 0.4) is 0 Å². The smallest absolute Gasteiger partial charge is 0.130 e. The molecule has 1 aliphatic rings. The number of ether oxygens (including phenoxy) is 1. The lowest BCUT2D eigenvalue weighted by Gasteiger charge is -2.13. The van der Waals surface area contributed by atoms with Gasteiger partial charge in [0, 0.05) is 29.2 Å². The molecule has 1 aliphatic heterocycles. The molecule has 0 spiro atoms. The molecule has 0 amide bonds. The third kappa shape index (κ3) is 2.09. The lowest BCUT2D eigenvalue weighted by Crippen LogP contribution is -2.10. The summed E-state index contributed by atoms with van der Waals surface area (Å²) in [6.45, 7) is 7.87. The number of ketones is 1. The van der Waals surface area contributed by atoms with E-state index in [9.17, 15) is 4.79 Å². The van der Waals surface area contributed by atoms with Gasteiger partial charge in [-0.1, -0.05) is 6.92 Å². The van der Waals surface area contributed by atoms with Crippen LogP contribution >= 0.6 is 0 Å². The number of hydrogen-bond acceptors (Lipinski definition) is 3. The fourth-order valence-corrected chi connectivity index (χ4v) is 2.48. The van der Waals surface area contributed by atoms with Gasteiger partial charge >= 0.3 is 0 Å². The quantitative estimate of drug-likeness (QED) is 0.835. The molecule has 0 saturated heterocycles. The van der Waals surface area contributed by atoms with Crippen LogP contribution in [0.15, 0.2) is 6.07 Å². The molecule has 2 rings (SSSR count). The van der Waals surface area contributed by atoms with Gasteiger partial charge in [0.1, 0.15) is 17.6 Å². The van der Waals surface area contributed by atoms with Crippen LogP contribution in [-0.4, -0.2) is 11.9 Å². The first-order chi connectivity index (χ1) is 8.41. The Morgan fingerprint density at radius 2 is 2.11 bits per heavy atom. The third-order valence-corrected chi connectivity index (χ3v) is 3.88. The Hall–Kier alpha value is -1.51. The van der Waals surface area contributed by atoms with Crippen molar-refractivity contribution in [3.63, 3.8) is 0 Å². The standard InChI is InChI=1S/C15H21NO2/c1-8-7-13-10(3)11(4)18-15(13)12(14(8)16)6-5-9(2)17/h7,10-11H,5-6,16H2,1-4H3. The number of nitrogens with two attached hydrogens (primary N) is 1. The minimum absolute atomic E-state index is 0.178. The normalized spacial score (nSPS) is 21.6. The molecule has 1 aromatic carbocycles. The van der Waals surface area contributed by atoms with Gasteiger partial charge in [0.25, 0.3) is 0 Å². The topological polar surface area (TPSA) is 52.3 Å². The van der Waals surface area contributed by atoms with Crippen molar-refractivity contribution in [1.29, 1.82) is 0 Å². The van der Waals surface area contributed by atoms with Crippen LogP contribution in [0.4, 0.5) is 5.69 Å². The zero-order valence-corrected chi connectivity index (χ0v) is 11.5. The summed E-state index contributed by atoms with van der Waals surface area (Å²) >= 11 is 0. The fourth-order valence-electron chi connectivity index (χ4n) is 2.48. The Balaban J connectivity index is 2.45. The van der Waals surface area contributed by atoms with E-state index in [2.05, 4.69) is 19.9 Å². The molecule has 0 radical (unpaired) electrons. The van der Waals surface area contributed by atoms with E-state index in [-0.39, 0.29) is 11.9 Å². The van der Waals surface area contributed by atoms with Crippen LogP contribution in [0, 0.1) is 6.92 Å². The SMILES string of the molecule is CC(=O)CCc1c(N)c(C)cc2c1OC(C)C2C. The average Bonchev–Trinajstić information content (AvgIpc) is 2.56. The molecular weight excluding hydrogens is 226 g/mol. The Morgan fingerprint density at radius 3 is 2.72 bits per heavy atom. The van der Waals surface area contributed by atoms with E-state index in [1.807, 2.05) is 6.92 Å². The highest BCUT2D eigenvalue weighted by Crippen LogP contribution is 2.44. The first-order valence-electron chi connectivity index (χ1n) is 6.49.